The number of halogens is 2. The van der Waals surface area contributed by atoms with Crippen LogP contribution in [0.1, 0.15) is 32.1 Å². The van der Waals surface area contributed by atoms with Crippen molar-refractivity contribution in [2.24, 2.45) is 0 Å². The second-order valence-corrected chi connectivity index (χ2v) is 7.45. The van der Waals surface area contributed by atoms with E-state index in [0.29, 0.717) is 19.3 Å². The van der Waals surface area contributed by atoms with Gasteiger partial charge in [0.2, 0.25) is 0 Å². The number of hydrogen-bond donors (Lipinski definition) is 1. The smallest absolute Gasteiger partial charge is 0.0900 e. The fourth-order valence-corrected chi connectivity index (χ4v) is 3.88. The molecule has 1 aromatic carbocycles. The number of benzene rings is 1. The molecule has 1 heterocycles. The van der Waals surface area contributed by atoms with E-state index in [-0.39, 0.29) is 18.5 Å². The molecule has 1 N–H and O–H groups in total. The summed E-state index contributed by atoms with van der Waals surface area (Å²) >= 11 is 6.08. The van der Waals surface area contributed by atoms with Gasteiger partial charge in [-0.1, -0.05) is 36.9 Å². The molecule has 1 saturated heterocycles. The summed E-state index contributed by atoms with van der Waals surface area (Å²) in [4.78, 5) is 4.68. The number of piperazine rings is 1. The SMILES string of the molecule is Cl.OC(COC1CCCCC1)CN1CCN(c2cccc(Cl)c2)CC1. The summed E-state index contributed by atoms with van der Waals surface area (Å²) in [5, 5.41) is 11.0. The fourth-order valence-electron chi connectivity index (χ4n) is 3.69. The van der Waals surface area contributed by atoms with Gasteiger partial charge in [0.25, 0.3) is 0 Å². The second kappa shape index (κ2) is 10.6. The monoisotopic (exact) mass is 388 g/mol. The van der Waals surface area contributed by atoms with Crippen LogP contribution in [0.2, 0.25) is 5.02 Å². The number of hydrogen-bond acceptors (Lipinski definition) is 4. The minimum atomic E-state index is -0.385. The number of aliphatic hydroxyl groups is 1. The van der Waals surface area contributed by atoms with Crippen molar-refractivity contribution in [3.8, 4) is 0 Å². The van der Waals surface area contributed by atoms with E-state index in [1.165, 1.54) is 24.9 Å². The number of nitrogens with zero attached hydrogens (tertiary/aromatic N) is 2. The van der Waals surface area contributed by atoms with E-state index in [0.717, 1.165) is 44.0 Å². The lowest BCUT2D eigenvalue weighted by Crippen LogP contribution is -2.49. The largest absolute Gasteiger partial charge is 0.389 e. The molecule has 3 rings (SSSR count). The van der Waals surface area contributed by atoms with E-state index >= 15 is 0 Å². The van der Waals surface area contributed by atoms with E-state index in [1.54, 1.807) is 0 Å². The maximum Gasteiger partial charge on any atom is 0.0900 e. The van der Waals surface area contributed by atoms with Gasteiger partial charge in [0, 0.05) is 43.4 Å². The fraction of sp³-hybridized carbons (Fsp3) is 0.684. The Morgan fingerprint density at radius 3 is 2.52 bits per heavy atom. The molecule has 0 spiro atoms. The van der Waals surface area contributed by atoms with Crippen LogP contribution in [0.4, 0.5) is 5.69 Å². The number of rotatable bonds is 6. The number of β-amino-alcohol motifs (C(OH)–C–C–N with tert-alkyl or cyclic N) is 1. The van der Waals surface area contributed by atoms with Crippen LogP contribution in [0.5, 0.6) is 0 Å². The van der Waals surface area contributed by atoms with Crippen LogP contribution >= 0.6 is 24.0 Å². The van der Waals surface area contributed by atoms with E-state index < -0.39 is 0 Å². The minimum Gasteiger partial charge on any atom is -0.389 e. The maximum absolute atomic E-state index is 10.3. The van der Waals surface area contributed by atoms with Crippen molar-refractivity contribution in [3.05, 3.63) is 29.3 Å². The van der Waals surface area contributed by atoms with Crippen LogP contribution in [-0.4, -0.2) is 61.5 Å². The molecule has 4 nitrogen and oxygen atoms in total. The Hall–Kier alpha value is -0.520. The molecular formula is C19H30Cl2N2O2. The van der Waals surface area contributed by atoms with Crippen molar-refractivity contribution in [1.82, 2.24) is 4.90 Å². The molecule has 1 aliphatic carbocycles. The first-order chi connectivity index (χ1) is 11.7. The summed E-state index contributed by atoms with van der Waals surface area (Å²) in [6, 6.07) is 8.03. The molecule has 1 saturated carbocycles. The van der Waals surface area contributed by atoms with E-state index in [9.17, 15) is 5.11 Å². The Bertz CT molecular complexity index is 504. The van der Waals surface area contributed by atoms with Crippen LogP contribution in [-0.2, 0) is 4.74 Å². The second-order valence-electron chi connectivity index (χ2n) is 7.01. The van der Waals surface area contributed by atoms with Crippen LogP contribution in [0, 0.1) is 0 Å². The maximum atomic E-state index is 10.3. The molecule has 0 aromatic heterocycles. The van der Waals surface area contributed by atoms with Gasteiger partial charge in [-0.25, -0.2) is 0 Å². The minimum absolute atomic E-state index is 0. The predicted octanol–water partition coefficient (Wildman–Crippen LogP) is 3.59. The molecule has 1 unspecified atom stereocenters. The summed E-state index contributed by atoms with van der Waals surface area (Å²) < 4.78 is 5.89. The summed E-state index contributed by atoms with van der Waals surface area (Å²) in [7, 11) is 0. The van der Waals surface area contributed by atoms with Crippen molar-refractivity contribution in [2.75, 3.05) is 44.2 Å². The molecular weight excluding hydrogens is 359 g/mol. The topological polar surface area (TPSA) is 35.9 Å². The van der Waals surface area contributed by atoms with Gasteiger partial charge < -0.3 is 14.7 Å². The Balaban J connectivity index is 0.00000225. The number of aliphatic hydroxyl groups excluding tert-OH is 1. The third-order valence-electron chi connectivity index (χ3n) is 5.09. The lowest BCUT2D eigenvalue weighted by molar-refractivity contribution is -0.0336. The first-order valence-electron chi connectivity index (χ1n) is 9.23. The van der Waals surface area contributed by atoms with Gasteiger partial charge in [-0.2, -0.15) is 0 Å². The van der Waals surface area contributed by atoms with E-state index in [4.69, 9.17) is 16.3 Å². The van der Waals surface area contributed by atoms with Gasteiger partial charge in [-0.05, 0) is 31.0 Å². The molecule has 0 amide bonds. The lowest BCUT2D eigenvalue weighted by Gasteiger charge is -2.37. The molecule has 25 heavy (non-hydrogen) atoms. The van der Waals surface area contributed by atoms with Gasteiger partial charge in [0.15, 0.2) is 0 Å². The van der Waals surface area contributed by atoms with Gasteiger partial charge in [-0.15, -0.1) is 12.4 Å². The predicted molar refractivity (Wildman–Crippen MR) is 106 cm³/mol. The Morgan fingerprint density at radius 1 is 1.12 bits per heavy atom. The third-order valence-corrected chi connectivity index (χ3v) is 5.33. The Kier molecular flexibility index (Phi) is 8.80. The molecule has 0 radical (unpaired) electrons. The summed E-state index contributed by atoms with van der Waals surface area (Å²) in [5.41, 5.74) is 1.18. The molecule has 2 aliphatic rings. The van der Waals surface area contributed by atoms with E-state index in [1.807, 2.05) is 18.2 Å². The van der Waals surface area contributed by atoms with Crippen molar-refractivity contribution in [1.29, 1.82) is 0 Å². The van der Waals surface area contributed by atoms with Crippen LogP contribution in [0.15, 0.2) is 24.3 Å². The number of anilines is 1. The van der Waals surface area contributed by atoms with Gasteiger partial charge >= 0.3 is 0 Å². The average Bonchev–Trinajstić information content (AvgIpc) is 2.61. The summed E-state index contributed by atoms with van der Waals surface area (Å²) in [6.45, 7) is 5.04. The van der Waals surface area contributed by atoms with Gasteiger partial charge in [0.1, 0.15) is 0 Å². The summed E-state index contributed by atoms with van der Waals surface area (Å²) in [6.07, 6.45) is 6.17. The van der Waals surface area contributed by atoms with Crippen LogP contribution in [0.25, 0.3) is 0 Å². The first-order valence-corrected chi connectivity index (χ1v) is 9.61. The van der Waals surface area contributed by atoms with Crippen LogP contribution in [0.3, 0.4) is 0 Å². The van der Waals surface area contributed by atoms with Crippen LogP contribution < -0.4 is 4.90 Å². The normalized spacial score (nSPS) is 21.0. The van der Waals surface area contributed by atoms with Crippen molar-refractivity contribution in [2.45, 2.75) is 44.3 Å². The van der Waals surface area contributed by atoms with Gasteiger partial charge in [0.05, 0.1) is 18.8 Å². The molecule has 1 atom stereocenters. The van der Waals surface area contributed by atoms with Crippen molar-refractivity contribution in [3.63, 3.8) is 0 Å². The standard InChI is InChI=1S/C19H29ClN2O2.ClH/c20-16-5-4-6-17(13-16)22-11-9-21(10-12-22)14-18(23)15-24-19-7-2-1-3-8-19;/h4-6,13,18-19,23H,1-3,7-12,14-15H2;1H. The highest BCUT2D eigenvalue weighted by Gasteiger charge is 2.21. The molecule has 2 fully saturated rings. The molecule has 6 heteroatoms. The van der Waals surface area contributed by atoms with E-state index in [2.05, 4.69) is 15.9 Å². The Morgan fingerprint density at radius 2 is 1.84 bits per heavy atom. The lowest BCUT2D eigenvalue weighted by atomic mass is 9.98. The Labute approximate surface area is 162 Å². The quantitative estimate of drug-likeness (QED) is 0.807. The first kappa shape index (κ1) is 20.8. The highest BCUT2D eigenvalue weighted by atomic mass is 35.5. The third kappa shape index (κ3) is 6.61. The highest BCUT2D eigenvalue weighted by Crippen LogP contribution is 2.22. The zero-order valence-corrected chi connectivity index (χ0v) is 16.4. The molecule has 0 bridgehead atoms. The van der Waals surface area contributed by atoms with Crippen molar-refractivity contribution >= 4 is 29.7 Å². The zero-order chi connectivity index (χ0) is 16.8. The van der Waals surface area contributed by atoms with Gasteiger partial charge in [-0.3, -0.25) is 4.90 Å². The molecule has 142 valence electrons. The summed E-state index contributed by atoms with van der Waals surface area (Å²) in [5.74, 6) is 0. The molecule has 1 aromatic rings. The zero-order valence-electron chi connectivity index (χ0n) is 14.8. The number of ether oxygens (including phenoxy) is 1. The molecule has 1 aliphatic heterocycles. The van der Waals surface area contributed by atoms with Crippen molar-refractivity contribution < 1.29 is 9.84 Å². The average molecular weight is 389 g/mol. The highest BCUT2D eigenvalue weighted by molar-refractivity contribution is 6.30.